The van der Waals surface area contributed by atoms with Gasteiger partial charge in [0.2, 0.25) is 0 Å². The van der Waals surface area contributed by atoms with Crippen molar-refractivity contribution in [1.82, 2.24) is 15.1 Å². The number of amides is 1. The summed E-state index contributed by atoms with van der Waals surface area (Å²) in [7, 11) is 0. The van der Waals surface area contributed by atoms with Crippen molar-refractivity contribution in [2.24, 2.45) is 0 Å². The highest BCUT2D eigenvalue weighted by molar-refractivity contribution is 7.13. The highest BCUT2D eigenvalue weighted by atomic mass is 35.5. The van der Waals surface area contributed by atoms with Crippen molar-refractivity contribution in [2.75, 3.05) is 18.5 Å². The van der Waals surface area contributed by atoms with E-state index in [1.165, 1.54) is 6.07 Å². The number of aliphatic hydroxyl groups excluding tert-OH is 1. The van der Waals surface area contributed by atoms with E-state index in [1.54, 1.807) is 0 Å². The molecule has 30 heavy (non-hydrogen) atoms. The largest absolute Gasteiger partial charge is 0.573 e. The number of hydroxylamine groups is 1. The average molecular weight is 467 g/mol. The minimum absolute atomic E-state index is 0.00189. The molecule has 0 saturated carbocycles. The van der Waals surface area contributed by atoms with Crippen molar-refractivity contribution in [3.63, 3.8) is 0 Å². The zero-order valence-electron chi connectivity index (χ0n) is 14.6. The molecule has 3 N–H and O–H groups in total. The Morgan fingerprint density at radius 3 is 2.73 bits per heavy atom. The Labute approximate surface area is 174 Å². The first kappa shape index (κ1) is 22.0. The molecule has 0 spiro atoms. The molecule has 160 valence electrons. The number of aromatic nitrogens is 2. The third-order valence-electron chi connectivity index (χ3n) is 3.52. The van der Waals surface area contributed by atoms with E-state index in [9.17, 15) is 22.4 Å². The number of ether oxygens (including phenoxy) is 1. The molecule has 8 nitrogen and oxygen atoms in total. The van der Waals surface area contributed by atoms with Crippen LogP contribution in [-0.4, -0.2) is 40.2 Å². The fraction of sp³-hybridized carbons (Fsp3) is 0.188. The highest BCUT2D eigenvalue weighted by Crippen LogP contribution is 2.36. The number of rotatable bonds is 7. The molecule has 0 atom stereocenters. The number of carbonyl (C=O) groups excluding carboxylic acids is 1. The Kier molecular flexibility index (Phi) is 6.55. The van der Waals surface area contributed by atoms with Gasteiger partial charge in [-0.15, -0.1) is 18.3 Å². The number of alkyl halides is 3. The molecule has 1 heterocycles. The van der Waals surface area contributed by atoms with Gasteiger partial charge >= 0.3 is 6.36 Å². The third-order valence-corrected chi connectivity index (χ3v) is 4.51. The number of nitrogens with zero attached hydrogens (tertiary/aromatic N) is 2. The monoisotopic (exact) mass is 466 g/mol. The molecule has 0 fully saturated rings. The van der Waals surface area contributed by atoms with E-state index < -0.39 is 23.8 Å². The summed E-state index contributed by atoms with van der Waals surface area (Å²) in [6, 6.07) is 4.27. The third kappa shape index (κ3) is 5.05. The first-order valence-corrected chi connectivity index (χ1v) is 9.14. The molecule has 0 radical (unpaired) electrons. The number of anilines is 2. The van der Waals surface area contributed by atoms with Crippen molar-refractivity contribution in [1.29, 1.82) is 0 Å². The molecular weight excluding hydrogens is 456 g/mol. The van der Waals surface area contributed by atoms with Gasteiger partial charge in [-0.2, -0.15) is 0 Å². The summed E-state index contributed by atoms with van der Waals surface area (Å²) >= 11 is 6.83. The Morgan fingerprint density at radius 1 is 1.30 bits per heavy atom. The van der Waals surface area contributed by atoms with E-state index in [4.69, 9.17) is 21.5 Å². The topological polar surface area (TPSA) is 106 Å². The molecule has 0 aliphatic heterocycles. The summed E-state index contributed by atoms with van der Waals surface area (Å²) in [6.07, 6.45) is -4.91. The maximum absolute atomic E-state index is 15.0. The lowest BCUT2D eigenvalue weighted by molar-refractivity contribution is -0.274. The molecule has 0 unspecified atom stereocenters. The number of halogens is 5. The zero-order chi connectivity index (χ0) is 21.9. The van der Waals surface area contributed by atoms with Crippen LogP contribution in [0.5, 0.6) is 5.75 Å². The van der Waals surface area contributed by atoms with Gasteiger partial charge in [0.15, 0.2) is 5.82 Å². The number of nitrogens with one attached hydrogen (secondary N) is 2. The molecule has 1 amide bonds. The normalized spacial score (nSPS) is 11.5. The van der Waals surface area contributed by atoms with Gasteiger partial charge in [-0.3, -0.25) is 9.63 Å². The van der Waals surface area contributed by atoms with E-state index in [-0.39, 0.29) is 45.4 Å². The number of hydrogen-bond acceptors (Lipinski definition) is 8. The van der Waals surface area contributed by atoms with Crippen LogP contribution in [0.3, 0.4) is 0 Å². The lowest BCUT2D eigenvalue weighted by Gasteiger charge is -2.15. The van der Waals surface area contributed by atoms with Gasteiger partial charge in [0.25, 0.3) is 5.91 Å². The van der Waals surface area contributed by atoms with Crippen LogP contribution in [0, 0.1) is 5.82 Å². The smallest absolute Gasteiger partial charge is 0.406 e. The fourth-order valence-corrected chi connectivity index (χ4v) is 3.15. The average Bonchev–Trinajstić information content (AvgIpc) is 3.13. The van der Waals surface area contributed by atoms with Crippen LogP contribution in [-0.2, 0) is 4.84 Å². The number of hydrogen-bond donors (Lipinski definition) is 3. The molecule has 3 rings (SSSR count). The Morgan fingerprint density at radius 2 is 2.07 bits per heavy atom. The van der Waals surface area contributed by atoms with Gasteiger partial charge in [-0.1, -0.05) is 16.1 Å². The summed E-state index contributed by atoms with van der Waals surface area (Å²) in [6.45, 7) is -0.562. The molecule has 1 aromatic heterocycles. The van der Waals surface area contributed by atoms with Crippen molar-refractivity contribution in [2.45, 2.75) is 6.36 Å². The van der Waals surface area contributed by atoms with Crippen LogP contribution >= 0.6 is 23.1 Å². The number of carbonyl (C=O) groups is 1. The van der Waals surface area contributed by atoms with Crippen molar-refractivity contribution in [3.05, 3.63) is 40.7 Å². The maximum atomic E-state index is 15.0. The number of aliphatic hydroxyl groups is 1. The van der Waals surface area contributed by atoms with Gasteiger partial charge in [0.1, 0.15) is 11.3 Å². The van der Waals surface area contributed by atoms with Crippen LogP contribution < -0.4 is 15.5 Å². The Balaban J connectivity index is 1.97. The summed E-state index contributed by atoms with van der Waals surface area (Å²) in [4.78, 5) is 17.2. The second kappa shape index (κ2) is 8.95. The summed E-state index contributed by atoms with van der Waals surface area (Å²) in [5.74, 6) is -2.36. The first-order chi connectivity index (χ1) is 14.2. The molecule has 0 saturated heterocycles. The van der Waals surface area contributed by atoms with Crippen molar-refractivity contribution in [3.8, 4) is 5.75 Å². The van der Waals surface area contributed by atoms with Gasteiger partial charge in [0, 0.05) is 6.07 Å². The maximum Gasteiger partial charge on any atom is 0.573 e. The SMILES string of the molecule is O=C(NOCCO)c1cc2snnc2c(F)c1Nc1ccc(OC(F)(F)F)cc1Cl. The van der Waals surface area contributed by atoms with E-state index in [0.717, 1.165) is 29.7 Å². The molecule has 0 bridgehead atoms. The second-order valence-corrected chi connectivity index (χ2v) is 6.74. The minimum atomic E-state index is -4.91. The minimum Gasteiger partial charge on any atom is -0.406 e. The second-order valence-electron chi connectivity index (χ2n) is 5.55. The van der Waals surface area contributed by atoms with Gasteiger partial charge in [0.05, 0.1) is 39.9 Å². The van der Waals surface area contributed by atoms with Crippen LogP contribution in [0.25, 0.3) is 10.2 Å². The van der Waals surface area contributed by atoms with Gasteiger partial charge in [-0.25, -0.2) is 9.87 Å². The predicted molar refractivity (Wildman–Crippen MR) is 99.3 cm³/mol. The highest BCUT2D eigenvalue weighted by Gasteiger charge is 2.31. The molecule has 0 aliphatic rings. The number of fused-ring (bicyclic) bond motifs is 1. The van der Waals surface area contributed by atoms with E-state index in [2.05, 4.69) is 19.6 Å². The standard InChI is InChI=1S/C16H11ClF4N4O4S/c17-9-5-7(29-16(19,20)21)1-2-10(9)22-13-8(15(27)24-28-4-3-26)6-11-14(12(13)18)23-25-30-11/h1-2,5-6,22,26H,3-4H2,(H,24,27). The van der Waals surface area contributed by atoms with E-state index in [0.29, 0.717) is 0 Å². The quantitative estimate of drug-likeness (QED) is 0.276. The lowest BCUT2D eigenvalue weighted by Crippen LogP contribution is -2.26. The van der Waals surface area contributed by atoms with Crippen LogP contribution in [0.15, 0.2) is 24.3 Å². The molecule has 14 heteroatoms. The first-order valence-electron chi connectivity index (χ1n) is 7.99. The summed E-state index contributed by atoms with van der Waals surface area (Å²) < 4.78 is 59.7. The van der Waals surface area contributed by atoms with Crippen LogP contribution in [0.1, 0.15) is 10.4 Å². The molecular formula is C16H11ClF4N4O4S. The fourth-order valence-electron chi connectivity index (χ4n) is 2.33. The Bertz CT molecular complexity index is 1080. The Hall–Kier alpha value is -2.74. The van der Waals surface area contributed by atoms with Gasteiger partial charge in [-0.05, 0) is 29.7 Å². The molecule has 0 aliphatic carbocycles. The summed E-state index contributed by atoms with van der Waals surface area (Å²) in [5, 5.41) is 14.7. The van der Waals surface area contributed by atoms with Crippen molar-refractivity contribution >= 4 is 50.6 Å². The molecule has 2 aromatic carbocycles. The van der Waals surface area contributed by atoms with Crippen molar-refractivity contribution < 1.29 is 37.0 Å². The van der Waals surface area contributed by atoms with Crippen LogP contribution in [0.4, 0.5) is 28.9 Å². The molecule has 3 aromatic rings. The summed E-state index contributed by atoms with van der Waals surface area (Å²) in [5.41, 5.74) is 1.35. The lowest BCUT2D eigenvalue weighted by atomic mass is 10.1. The van der Waals surface area contributed by atoms with Gasteiger partial charge < -0.3 is 15.2 Å². The number of benzene rings is 2. The van der Waals surface area contributed by atoms with E-state index in [1.807, 2.05) is 5.48 Å². The van der Waals surface area contributed by atoms with Crippen LogP contribution in [0.2, 0.25) is 5.02 Å². The zero-order valence-corrected chi connectivity index (χ0v) is 16.2. The predicted octanol–water partition coefficient (Wildman–Crippen LogP) is 3.78. The van der Waals surface area contributed by atoms with E-state index >= 15 is 0 Å².